The molecule has 0 fully saturated rings. The molecule has 0 saturated carbocycles. The number of carbonyl (C=O) groups is 1. The molecule has 0 unspecified atom stereocenters. The lowest BCUT2D eigenvalue weighted by molar-refractivity contribution is -0.116. The predicted octanol–water partition coefficient (Wildman–Crippen LogP) is 3.78. The van der Waals surface area contributed by atoms with Gasteiger partial charge in [-0.1, -0.05) is 11.6 Å². The maximum atomic E-state index is 13.8. The maximum Gasteiger partial charge on any atom is 0.336 e. The molecule has 0 radical (unpaired) electrons. The zero-order valence-corrected chi connectivity index (χ0v) is 16.6. The van der Waals surface area contributed by atoms with Crippen molar-refractivity contribution in [1.82, 2.24) is 9.13 Å². The number of amides is 1. The molecule has 0 aliphatic heterocycles. The van der Waals surface area contributed by atoms with Gasteiger partial charge in [0.05, 0.1) is 16.9 Å². The van der Waals surface area contributed by atoms with Crippen molar-refractivity contribution in [1.29, 1.82) is 0 Å². The Balaban J connectivity index is 1.78. The minimum atomic E-state index is -0.942. The van der Waals surface area contributed by atoms with E-state index in [1.54, 1.807) is 11.4 Å². The Morgan fingerprint density at radius 1 is 1.07 bits per heavy atom. The van der Waals surface area contributed by atoms with Crippen molar-refractivity contribution >= 4 is 44.7 Å². The van der Waals surface area contributed by atoms with Crippen molar-refractivity contribution in [2.24, 2.45) is 0 Å². The number of nitrogens with zero attached hydrogens (tertiary/aromatic N) is 2. The normalized spacial score (nSPS) is 11.0. The fraction of sp³-hybridized carbons (Fsp3) is 0.0500. The van der Waals surface area contributed by atoms with Crippen molar-refractivity contribution < 1.29 is 13.6 Å². The monoisotopic (exact) mass is 447 g/mol. The van der Waals surface area contributed by atoms with Crippen molar-refractivity contribution in [3.63, 3.8) is 0 Å². The number of nitrogens with one attached hydrogen (secondary N) is 1. The Labute approximate surface area is 176 Å². The summed E-state index contributed by atoms with van der Waals surface area (Å²) in [4.78, 5) is 38.4. The van der Waals surface area contributed by atoms with Gasteiger partial charge in [0.25, 0.3) is 5.56 Å². The Morgan fingerprint density at radius 3 is 2.50 bits per heavy atom. The van der Waals surface area contributed by atoms with Crippen molar-refractivity contribution in [3.8, 4) is 5.69 Å². The van der Waals surface area contributed by atoms with Crippen LogP contribution in [0.1, 0.15) is 0 Å². The van der Waals surface area contributed by atoms with Gasteiger partial charge in [0, 0.05) is 11.1 Å². The summed E-state index contributed by atoms with van der Waals surface area (Å²) in [5, 5.41) is 4.38. The number of hydrogen-bond donors (Lipinski definition) is 1. The molecule has 4 aromatic rings. The highest BCUT2D eigenvalue weighted by molar-refractivity contribution is 7.17. The molecule has 4 rings (SSSR count). The molecule has 30 heavy (non-hydrogen) atoms. The van der Waals surface area contributed by atoms with Gasteiger partial charge < -0.3 is 5.32 Å². The van der Waals surface area contributed by atoms with Crippen LogP contribution in [-0.4, -0.2) is 15.0 Å². The summed E-state index contributed by atoms with van der Waals surface area (Å²) in [6.45, 7) is -0.475. The van der Waals surface area contributed by atoms with Crippen LogP contribution in [0.5, 0.6) is 0 Å². The van der Waals surface area contributed by atoms with Gasteiger partial charge >= 0.3 is 5.69 Å². The summed E-state index contributed by atoms with van der Waals surface area (Å²) in [7, 11) is 0. The van der Waals surface area contributed by atoms with E-state index >= 15 is 0 Å². The number of aromatic nitrogens is 2. The first-order valence-corrected chi connectivity index (χ1v) is 9.85. The second-order valence-corrected chi connectivity index (χ2v) is 7.65. The van der Waals surface area contributed by atoms with E-state index in [1.807, 2.05) is 0 Å². The third kappa shape index (κ3) is 3.64. The number of benzene rings is 2. The van der Waals surface area contributed by atoms with Crippen LogP contribution in [0, 0.1) is 11.6 Å². The molecule has 10 heteroatoms. The van der Waals surface area contributed by atoms with E-state index in [2.05, 4.69) is 5.32 Å². The highest BCUT2D eigenvalue weighted by Crippen LogP contribution is 2.18. The van der Waals surface area contributed by atoms with Crippen LogP contribution in [-0.2, 0) is 11.3 Å². The van der Waals surface area contributed by atoms with Crippen molar-refractivity contribution in [3.05, 3.63) is 91.4 Å². The highest BCUT2D eigenvalue weighted by Gasteiger charge is 2.18. The molecule has 1 amide bonds. The van der Waals surface area contributed by atoms with Gasteiger partial charge in [0.2, 0.25) is 5.91 Å². The lowest BCUT2D eigenvalue weighted by Gasteiger charge is -2.13. The Kier molecular flexibility index (Phi) is 5.23. The number of halogens is 3. The second kappa shape index (κ2) is 7.85. The summed E-state index contributed by atoms with van der Waals surface area (Å²) in [6, 6.07) is 10.4. The number of rotatable bonds is 4. The fourth-order valence-corrected chi connectivity index (χ4v) is 3.93. The summed E-state index contributed by atoms with van der Waals surface area (Å²) in [5.41, 5.74) is -0.892. The van der Waals surface area contributed by atoms with Crippen molar-refractivity contribution in [2.75, 3.05) is 5.32 Å². The van der Waals surface area contributed by atoms with Crippen LogP contribution >= 0.6 is 22.9 Å². The smallest absolute Gasteiger partial charge is 0.322 e. The predicted molar refractivity (Wildman–Crippen MR) is 112 cm³/mol. The maximum absolute atomic E-state index is 13.8. The molecule has 2 heterocycles. The third-order valence-electron chi connectivity index (χ3n) is 4.35. The Bertz CT molecular complexity index is 1390. The molecule has 0 bridgehead atoms. The van der Waals surface area contributed by atoms with E-state index in [1.165, 1.54) is 24.3 Å². The van der Waals surface area contributed by atoms with Crippen LogP contribution in [0.15, 0.2) is 63.5 Å². The number of hydrogen-bond acceptors (Lipinski definition) is 4. The van der Waals surface area contributed by atoms with Crippen molar-refractivity contribution in [2.45, 2.75) is 6.54 Å². The first kappa shape index (κ1) is 20.0. The highest BCUT2D eigenvalue weighted by atomic mass is 35.5. The fourth-order valence-electron chi connectivity index (χ4n) is 2.98. The number of thiophene rings is 1. The van der Waals surface area contributed by atoms with Gasteiger partial charge in [0.15, 0.2) is 0 Å². The van der Waals surface area contributed by atoms with Gasteiger partial charge in [-0.3, -0.25) is 14.2 Å². The molecular formula is C20H12ClF2N3O3S. The number of carbonyl (C=O) groups excluding carboxylic acids is 1. The van der Waals surface area contributed by atoms with Gasteiger partial charge in [0.1, 0.15) is 22.9 Å². The second-order valence-electron chi connectivity index (χ2n) is 6.29. The molecule has 0 atom stereocenters. The molecule has 2 aromatic carbocycles. The van der Waals surface area contributed by atoms with Gasteiger partial charge in [-0.05, 0) is 47.8 Å². The minimum Gasteiger partial charge on any atom is -0.322 e. The van der Waals surface area contributed by atoms with Crippen LogP contribution < -0.4 is 16.6 Å². The summed E-state index contributed by atoms with van der Waals surface area (Å²) < 4.78 is 29.2. The molecule has 1 N–H and O–H groups in total. The molecule has 2 aromatic heterocycles. The van der Waals surface area contributed by atoms with E-state index in [-0.39, 0.29) is 15.9 Å². The zero-order valence-electron chi connectivity index (χ0n) is 15.1. The molecule has 6 nitrogen and oxygen atoms in total. The van der Waals surface area contributed by atoms with E-state index < -0.39 is 35.3 Å². The average molecular weight is 448 g/mol. The SMILES string of the molecule is O=C(Cn1c(=O)n(-c2ccc(Cl)cc2)c(=O)c2sccc21)Nc1ccc(F)cc1F. The molecule has 0 spiro atoms. The largest absolute Gasteiger partial charge is 0.336 e. The number of fused-ring (bicyclic) bond motifs is 1. The third-order valence-corrected chi connectivity index (χ3v) is 5.49. The van der Waals surface area contributed by atoms with Crippen LogP contribution in [0.4, 0.5) is 14.5 Å². The van der Waals surface area contributed by atoms with Crippen LogP contribution in [0.3, 0.4) is 0 Å². The minimum absolute atomic E-state index is 0.220. The topological polar surface area (TPSA) is 73.1 Å². The van der Waals surface area contributed by atoms with Crippen LogP contribution in [0.25, 0.3) is 15.9 Å². The lowest BCUT2D eigenvalue weighted by Crippen LogP contribution is -2.40. The summed E-state index contributed by atoms with van der Waals surface area (Å²) >= 11 is 7.01. The Hall–Kier alpha value is -3.30. The average Bonchev–Trinajstić information content (AvgIpc) is 3.19. The van der Waals surface area contributed by atoms with E-state index in [9.17, 15) is 23.2 Å². The van der Waals surface area contributed by atoms with Gasteiger partial charge in [-0.2, -0.15) is 0 Å². The molecule has 152 valence electrons. The van der Waals surface area contributed by atoms with E-state index in [0.29, 0.717) is 16.8 Å². The molecular weight excluding hydrogens is 436 g/mol. The first-order valence-electron chi connectivity index (χ1n) is 8.59. The first-order chi connectivity index (χ1) is 14.3. The standard InChI is InChI=1S/C20H12ClF2N3O3S/c21-11-1-4-13(5-2-11)26-19(28)18-16(7-8-30-18)25(20(26)29)10-17(27)24-15-6-3-12(22)9-14(15)23/h1-9H,10H2,(H,24,27). The van der Waals surface area contributed by atoms with Gasteiger partial charge in [-0.15, -0.1) is 11.3 Å². The van der Waals surface area contributed by atoms with E-state index in [4.69, 9.17) is 11.6 Å². The van der Waals surface area contributed by atoms with E-state index in [0.717, 1.165) is 32.6 Å². The lowest BCUT2D eigenvalue weighted by atomic mass is 10.3. The molecule has 0 aliphatic carbocycles. The Morgan fingerprint density at radius 2 is 1.80 bits per heavy atom. The van der Waals surface area contributed by atoms with Crippen LogP contribution in [0.2, 0.25) is 5.02 Å². The molecule has 0 aliphatic rings. The van der Waals surface area contributed by atoms with Gasteiger partial charge in [-0.25, -0.2) is 18.1 Å². The summed E-state index contributed by atoms with van der Waals surface area (Å²) in [6.07, 6.45) is 0. The number of anilines is 1. The summed E-state index contributed by atoms with van der Waals surface area (Å²) in [5.74, 6) is -2.43. The quantitative estimate of drug-likeness (QED) is 0.517. The molecule has 0 saturated heterocycles. The zero-order chi connectivity index (χ0) is 21.4.